The minimum absolute atomic E-state index is 0. The second-order valence-electron chi connectivity index (χ2n) is 0. The molecule has 0 saturated carbocycles. The normalized spacial score (nSPS) is 0. The van der Waals surface area contributed by atoms with E-state index in [1.165, 1.54) is 0 Å². The molecule has 4 radical (unpaired) electrons. The van der Waals surface area contributed by atoms with Crippen LogP contribution >= 0.6 is 0 Å². The number of hydrogen-bond acceptors (Lipinski definition) is 1. The van der Waals surface area contributed by atoms with E-state index in [1.54, 1.807) is 0 Å². The van der Waals surface area contributed by atoms with Gasteiger partial charge >= 0.3 is 40.1 Å². The zero-order valence-corrected chi connectivity index (χ0v) is 6.99. The molecule has 0 bridgehead atoms. The average Bonchev–Trinajstić information content (AvgIpc) is 0. The molecular formula is HAlClMgMnO+2. The van der Waals surface area contributed by atoms with Crippen LogP contribution in [0.5, 0.6) is 0 Å². The van der Waals surface area contributed by atoms with E-state index in [9.17, 15) is 0 Å². The van der Waals surface area contributed by atoms with Gasteiger partial charge in [0.25, 0.3) is 0 Å². The summed E-state index contributed by atoms with van der Waals surface area (Å²) in [6.45, 7) is 0. The van der Waals surface area contributed by atoms with Crippen molar-refractivity contribution in [3.05, 3.63) is 0 Å². The Morgan fingerprint density at radius 1 is 1.00 bits per heavy atom. The Bertz CT molecular complexity index is 11.6. The fourth-order valence-corrected chi connectivity index (χ4v) is 0. The van der Waals surface area contributed by atoms with Gasteiger partial charge in [0.05, 0.1) is 0 Å². The van der Waals surface area contributed by atoms with Crippen LogP contribution in [0.15, 0.2) is 0 Å². The van der Waals surface area contributed by atoms with Crippen molar-refractivity contribution in [3.63, 3.8) is 0 Å². The van der Waals surface area contributed by atoms with Gasteiger partial charge in [0.15, 0.2) is 0 Å². The van der Waals surface area contributed by atoms with Crippen molar-refractivity contribution in [2.24, 2.45) is 0 Å². The summed E-state index contributed by atoms with van der Waals surface area (Å²) in [4.78, 5) is 0. The fourth-order valence-electron chi connectivity index (χ4n) is 0. The largest absolute Gasteiger partial charge is 2.00 e. The van der Waals surface area contributed by atoms with Crippen LogP contribution in [0.2, 0.25) is 0 Å². The summed E-state index contributed by atoms with van der Waals surface area (Å²) in [5.41, 5.74) is 0. The van der Waals surface area contributed by atoms with Gasteiger partial charge in [-0.05, 0) is 0 Å². The topological polar surface area (TPSA) is 30.0 Å². The molecule has 0 heterocycles. The first-order valence-corrected chi connectivity index (χ1v) is 0. The molecule has 0 rings (SSSR count). The molecule has 0 aliphatic carbocycles. The van der Waals surface area contributed by atoms with Gasteiger partial charge in [-0.25, -0.2) is 0 Å². The van der Waals surface area contributed by atoms with Crippen molar-refractivity contribution in [1.82, 2.24) is 0 Å². The van der Waals surface area contributed by atoms with Crippen molar-refractivity contribution in [1.29, 1.82) is 0 Å². The Balaban J connectivity index is 0. The van der Waals surface area contributed by atoms with Crippen molar-refractivity contribution >= 4 is 40.4 Å². The van der Waals surface area contributed by atoms with E-state index in [0.717, 1.165) is 0 Å². The average molecular weight is 159 g/mol. The van der Waals surface area contributed by atoms with Crippen molar-refractivity contribution in [2.45, 2.75) is 0 Å². The number of halogens is 1. The zero-order valence-electron chi connectivity index (χ0n) is 2.49. The molecule has 24 valence electrons. The predicted molar refractivity (Wildman–Crippen MR) is 13.4 cm³/mol. The van der Waals surface area contributed by atoms with E-state index < -0.39 is 0 Å². The maximum Gasteiger partial charge on any atom is 2.00 e. The Hall–Kier alpha value is 2.07. The first-order valence-electron chi connectivity index (χ1n) is 0. The molecule has 0 unspecified atom stereocenters. The fraction of sp³-hybridized carbons (Fsp3) is 0. The molecule has 0 aliphatic rings. The minimum Gasteiger partial charge on any atom is -1.00 e. The number of rotatable bonds is 0. The van der Waals surface area contributed by atoms with Crippen LogP contribution in [0.4, 0.5) is 0 Å². The molecule has 0 aromatic heterocycles. The van der Waals surface area contributed by atoms with Crippen LogP contribution in [-0.4, -0.2) is 45.9 Å². The van der Waals surface area contributed by atoms with Gasteiger partial charge in [-0.15, -0.1) is 0 Å². The molecule has 0 fully saturated rings. The van der Waals surface area contributed by atoms with Crippen molar-refractivity contribution in [3.8, 4) is 0 Å². The van der Waals surface area contributed by atoms with Crippen LogP contribution in [0.1, 0.15) is 0 Å². The molecule has 0 aliphatic heterocycles. The third kappa shape index (κ3) is 23.5. The predicted octanol–water partition coefficient (Wildman–Crippen LogP) is -3.94. The van der Waals surface area contributed by atoms with Gasteiger partial charge in [-0.2, -0.15) is 0 Å². The molecule has 0 aromatic rings. The molecule has 0 saturated heterocycles. The Morgan fingerprint density at radius 2 is 1.00 bits per heavy atom. The van der Waals surface area contributed by atoms with E-state index in [2.05, 4.69) is 0 Å². The Labute approximate surface area is 74.7 Å². The maximum absolute atomic E-state index is 0. The van der Waals surface area contributed by atoms with Gasteiger partial charge in [-0.3, -0.25) is 0 Å². The summed E-state index contributed by atoms with van der Waals surface area (Å²) in [7, 11) is 0. The van der Waals surface area contributed by atoms with E-state index in [1.807, 2.05) is 0 Å². The van der Waals surface area contributed by atoms with Crippen LogP contribution in [0, 0.1) is 0 Å². The summed E-state index contributed by atoms with van der Waals surface area (Å²) in [6, 6.07) is 0. The van der Waals surface area contributed by atoms with Gasteiger partial charge in [0.2, 0.25) is 0 Å². The van der Waals surface area contributed by atoms with E-state index in [0.29, 0.717) is 0 Å². The molecule has 5 heavy (non-hydrogen) atoms. The monoisotopic (exact) mass is 158 g/mol. The summed E-state index contributed by atoms with van der Waals surface area (Å²) in [5, 5.41) is 0. The smallest absolute Gasteiger partial charge is 1.00 e. The first kappa shape index (κ1) is 60.8. The summed E-state index contributed by atoms with van der Waals surface area (Å²) in [6.07, 6.45) is 0. The van der Waals surface area contributed by atoms with E-state index in [-0.39, 0.29) is 75.4 Å². The van der Waals surface area contributed by atoms with Crippen molar-refractivity contribution < 1.29 is 35.0 Å². The zero-order chi connectivity index (χ0) is 0. The second-order valence-corrected chi connectivity index (χ2v) is 0. The van der Waals surface area contributed by atoms with Crippen LogP contribution in [0.25, 0.3) is 0 Å². The third-order valence-electron chi connectivity index (χ3n) is 0. The molecule has 0 amide bonds. The molecule has 0 spiro atoms. The summed E-state index contributed by atoms with van der Waals surface area (Å²) < 4.78 is 0. The molecule has 1 N–H and O–H groups in total. The number of hydrogen-bond donors (Lipinski definition) is 0. The molecule has 1 nitrogen and oxygen atoms in total. The SMILES string of the molecule is [Al].[Cl-].[Mg+2].[Mn+2].[OH-]. The van der Waals surface area contributed by atoms with Gasteiger partial charge in [-0.1, -0.05) is 0 Å². The van der Waals surface area contributed by atoms with E-state index >= 15 is 0 Å². The second kappa shape index (κ2) is 36.4. The molecule has 0 aromatic carbocycles. The van der Waals surface area contributed by atoms with Gasteiger partial charge in [0.1, 0.15) is 0 Å². The Morgan fingerprint density at radius 3 is 1.00 bits per heavy atom. The molecular weight excluding hydrogens is 158 g/mol. The third-order valence-corrected chi connectivity index (χ3v) is 0. The molecule has 5 heteroatoms. The molecule has 0 atom stereocenters. The Kier molecular flexibility index (Phi) is 443. The minimum atomic E-state index is 0. The standard InChI is InChI=1S/Al.ClH.Mg.Mn.H2O/h;1H;;;1H2/q;;2*+2;/p-2. The van der Waals surface area contributed by atoms with Gasteiger partial charge in [0, 0.05) is 17.4 Å². The van der Waals surface area contributed by atoms with Crippen molar-refractivity contribution in [2.75, 3.05) is 0 Å². The maximum atomic E-state index is 0. The first-order chi connectivity index (χ1) is 0. The van der Waals surface area contributed by atoms with E-state index in [4.69, 9.17) is 0 Å². The van der Waals surface area contributed by atoms with Crippen LogP contribution in [0.3, 0.4) is 0 Å². The van der Waals surface area contributed by atoms with Gasteiger partial charge < -0.3 is 17.9 Å². The van der Waals surface area contributed by atoms with Crippen LogP contribution < -0.4 is 12.4 Å². The summed E-state index contributed by atoms with van der Waals surface area (Å²) >= 11 is 0. The summed E-state index contributed by atoms with van der Waals surface area (Å²) in [5.74, 6) is 0. The van der Waals surface area contributed by atoms with Crippen LogP contribution in [-0.2, 0) is 17.1 Å². The quantitative estimate of drug-likeness (QED) is 0.331.